The average Bonchev–Trinajstić information content (AvgIpc) is 2.46. The third-order valence-corrected chi connectivity index (χ3v) is 4.41. The van der Waals surface area contributed by atoms with E-state index in [0.29, 0.717) is 0 Å². The molecule has 0 aliphatic carbocycles. The molecular weight excluding hydrogens is 375 g/mol. The standard InChI is InChI=1S/C15H23BrN2O.2ClH/c16-14-4-1-2-5-15(14)19-11-3-8-18-9-6-13(12-17)7-10-18;;/h1-2,4-5,13H,3,6-12,17H2;2*1H. The van der Waals surface area contributed by atoms with Gasteiger partial charge in [-0.1, -0.05) is 12.1 Å². The predicted molar refractivity (Wildman–Crippen MR) is 97.0 cm³/mol. The lowest BCUT2D eigenvalue weighted by atomic mass is 9.97. The van der Waals surface area contributed by atoms with E-state index in [4.69, 9.17) is 10.5 Å². The minimum Gasteiger partial charge on any atom is -0.492 e. The molecule has 1 aromatic rings. The first-order chi connectivity index (χ1) is 9.29. The summed E-state index contributed by atoms with van der Waals surface area (Å²) < 4.78 is 6.80. The van der Waals surface area contributed by atoms with E-state index in [2.05, 4.69) is 20.8 Å². The number of hydrogen-bond donors (Lipinski definition) is 1. The monoisotopic (exact) mass is 398 g/mol. The topological polar surface area (TPSA) is 38.5 Å². The van der Waals surface area contributed by atoms with Crippen molar-refractivity contribution in [1.82, 2.24) is 4.90 Å². The predicted octanol–water partition coefficient (Wildman–Crippen LogP) is 3.73. The summed E-state index contributed by atoms with van der Waals surface area (Å²) in [5.41, 5.74) is 5.71. The molecule has 3 nitrogen and oxygen atoms in total. The molecule has 6 heteroatoms. The Hall–Kier alpha value is -0.000000000000000111. The van der Waals surface area contributed by atoms with E-state index in [9.17, 15) is 0 Å². The summed E-state index contributed by atoms with van der Waals surface area (Å²) in [4.78, 5) is 2.52. The average molecular weight is 400 g/mol. The molecule has 0 aromatic heterocycles. The molecule has 0 saturated carbocycles. The molecule has 2 rings (SSSR count). The second kappa shape index (κ2) is 11.6. The Morgan fingerprint density at radius 3 is 2.48 bits per heavy atom. The van der Waals surface area contributed by atoms with Crippen LogP contribution in [-0.4, -0.2) is 37.7 Å². The molecule has 1 saturated heterocycles. The lowest BCUT2D eigenvalue weighted by Gasteiger charge is -2.31. The number of ether oxygens (including phenoxy) is 1. The first-order valence-corrected chi connectivity index (χ1v) is 7.88. The molecule has 2 N–H and O–H groups in total. The van der Waals surface area contributed by atoms with Gasteiger partial charge in [0.1, 0.15) is 5.75 Å². The van der Waals surface area contributed by atoms with Gasteiger partial charge in [-0.05, 0) is 72.9 Å². The van der Waals surface area contributed by atoms with E-state index >= 15 is 0 Å². The van der Waals surface area contributed by atoms with E-state index in [1.165, 1.54) is 25.9 Å². The Labute approximate surface area is 148 Å². The van der Waals surface area contributed by atoms with Crippen molar-refractivity contribution >= 4 is 40.7 Å². The fraction of sp³-hybridized carbons (Fsp3) is 0.600. The quantitative estimate of drug-likeness (QED) is 0.740. The van der Waals surface area contributed by atoms with Crippen molar-refractivity contribution in [2.75, 3.05) is 32.8 Å². The minimum absolute atomic E-state index is 0. The zero-order chi connectivity index (χ0) is 13.5. The number of nitrogens with zero attached hydrogens (tertiary/aromatic N) is 1. The number of hydrogen-bond acceptors (Lipinski definition) is 3. The lowest BCUT2D eigenvalue weighted by molar-refractivity contribution is 0.173. The Balaban J connectivity index is 0.00000200. The lowest BCUT2D eigenvalue weighted by Crippen LogP contribution is -2.37. The number of para-hydroxylation sites is 1. The molecule has 1 aliphatic rings. The third kappa shape index (κ3) is 7.20. The summed E-state index contributed by atoms with van der Waals surface area (Å²) in [5, 5.41) is 0. The van der Waals surface area contributed by atoms with Crippen molar-refractivity contribution < 1.29 is 4.74 Å². The van der Waals surface area contributed by atoms with Crippen LogP contribution in [0, 0.1) is 5.92 Å². The van der Waals surface area contributed by atoms with Crippen LogP contribution in [0.2, 0.25) is 0 Å². The number of halogens is 3. The molecular formula is C15H25BrCl2N2O. The van der Waals surface area contributed by atoms with E-state index < -0.39 is 0 Å². The first kappa shape index (κ1) is 21.0. The normalized spacial score (nSPS) is 15.9. The highest BCUT2D eigenvalue weighted by Gasteiger charge is 2.17. The number of piperidine rings is 1. The van der Waals surface area contributed by atoms with E-state index in [0.717, 1.165) is 42.3 Å². The van der Waals surface area contributed by atoms with Gasteiger partial charge in [-0.3, -0.25) is 0 Å². The zero-order valence-corrected chi connectivity index (χ0v) is 15.4. The van der Waals surface area contributed by atoms with Crippen LogP contribution in [0.4, 0.5) is 0 Å². The van der Waals surface area contributed by atoms with Gasteiger partial charge in [-0.15, -0.1) is 24.8 Å². The van der Waals surface area contributed by atoms with Crippen molar-refractivity contribution in [1.29, 1.82) is 0 Å². The fourth-order valence-corrected chi connectivity index (χ4v) is 2.88. The Morgan fingerprint density at radius 2 is 1.86 bits per heavy atom. The van der Waals surface area contributed by atoms with Gasteiger partial charge in [-0.25, -0.2) is 0 Å². The van der Waals surface area contributed by atoms with Crippen molar-refractivity contribution in [3.8, 4) is 5.75 Å². The third-order valence-electron chi connectivity index (χ3n) is 3.75. The van der Waals surface area contributed by atoms with Gasteiger partial charge in [0.25, 0.3) is 0 Å². The Morgan fingerprint density at radius 1 is 1.19 bits per heavy atom. The summed E-state index contributed by atoms with van der Waals surface area (Å²) >= 11 is 3.49. The maximum atomic E-state index is 5.78. The zero-order valence-electron chi connectivity index (χ0n) is 12.2. The number of rotatable bonds is 6. The second-order valence-electron chi connectivity index (χ2n) is 5.15. The van der Waals surface area contributed by atoms with Crippen LogP contribution < -0.4 is 10.5 Å². The summed E-state index contributed by atoms with van der Waals surface area (Å²) in [6, 6.07) is 8.00. The molecule has 0 radical (unpaired) electrons. The summed E-state index contributed by atoms with van der Waals surface area (Å²) in [5.74, 6) is 1.68. The summed E-state index contributed by atoms with van der Waals surface area (Å²) in [6.07, 6.45) is 3.58. The molecule has 1 heterocycles. The smallest absolute Gasteiger partial charge is 0.133 e. The van der Waals surface area contributed by atoms with Crippen molar-refractivity contribution in [3.63, 3.8) is 0 Å². The minimum atomic E-state index is 0. The van der Waals surface area contributed by atoms with Crippen LogP contribution in [0.25, 0.3) is 0 Å². The number of likely N-dealkylation sites (tertiary alicyclic amines) is 1. The molecule has 0 amide bonds. The van der Waals surface area contributed by atoms with Crippen molar-refractivity contribution in [2.45, 2.75) is 19.3 Å². The second-order valence-corrected chi connectivity index (χ2v) is 6.01. The number of benzene rings is 1. The maximum Gasteiger partial charge on any atom is 0.133 e. The van der Waals surface area contributed by atoms with Gasteiger partial charge < -0.3 is 15.4 Å². The van der Waals surface area contributed by atoms with Gasteiger partial charge in [0.2, 0.25) is 0 Å². The molecule has 1 aromatic carbocycles. The summed E-state index contributed by atoms with van der Waals surface area (Å²) in [6.45, 7) is 5.13. The van der Waals surface area contributed by atoms with Crippen molar-refractivity contribution in [3.05, 3.63) is 28.7 Å². The van der Waals surface area contributed by atoms with Crippen LogP contribution in [0.5, 0.6) is 5.75 Å². The van der Waals surface area contributed by atoms with Crippen LogP contribution in [-0.2, 0) is 0 Å². The highest BCUT2D eigenvalue weighted by molar-refractivity contribution is 9.10. The molecule has 122 valence electrons. The van der Waals surface area contributed by atoms with E-state index in [-0.39, 0.29) is 24.8 Å². The molecule has 21 heavy (non-hydrogen) atoms. The maximum absolute atomic E-state index is 5.78. The van der Waals surface area contributed by atoms with Gasteiger partial charge in [-0.2, -0.15) is 0 Å². The highest BCUT2D eigenvalue weighted by Crippen LogP contribution is 2.23. The van der Waals surface area contributed by atoms with Gasteiger partial charge in [0.15, 0.2) is 0 Å². The van der Waals surface area contributed by atoms with Crippen LogP contribution in [0.3, 0.4) is 0 Å². The fourth-order valence-electron chi connectivity index (χ4n) is 2.48. The Kier molecular flexibility index (Phi) is 11.6. The van der Waals surface area contributed by atoms with Crippen LogP contribution >= 0.6 is 40.7 Å². The van der Waals surface area contributed by atoms with Gasteiger partial charge >= 0.3 is 0 Å². The van der Waals surface area contributed by atoms with E-state index in [1.807, 2.05) is 24.3 Å². The Bertz CT molecular complexity index is 388. The van der Waals surface area contributed by atoms with E-state index in [1.54, 1.807) is 0 Å². The molecule has 0 unspecified atom stereocenters. The molecule has 1 fully saturated rings. The molecule has 0 atom stereocenters. The van der Waals surface area contributed by atoms with Crippen molar-refractivity contribution in [2.24, 2.45) is 11.7 Å². The SMILES string of the molecule is Cl.Cl.NCC1CCN(CCCOc2ccccc2Br)CC1. The van der Waals surface area contributed by atoms with Crippen LogP contribution in [0.1, 0.15) is 19.3 Å². The summed E-state index contributed by atoms with van der Waals surface area (Å²) in [7, 11) is 0. The molecule has 0 bridgehead atoms. The first-order valence-electron chi connectivity index (χ1n) is 7.09. The molecule has 1 aliphatic heterocycles. The largest absolute Gasteiger partial charge is 0.492 e. The molecule has 0 spiro atoms. The van der Waals surface area contributed by atoms with Gasteiger partial charge in [0.05, 0.1) is 11.1 Å². The van der Waals surface area contributed by atoms with Gasteiger partial charge in [0, 0.05) is 6.54 Å². The highest BCUT2D eigenvalue weighted by atomic mass is 79.9. The van der Waals surface area contributed by atoms with Crippen LogP contribution in [0.15, 0.2) is 28.7 Å². The number of nitrogens with two attached hydrogens (primary N) is 1.